The molecular formula is C14H19O4S+. The second kappa shape index (κ2) is 8.58. The molecule has 0 unspecified atom stereocenters. The van der Waals surface area contributed by atoms with Crippen LogP contribution in [0.2, 0.25) is 0 Å². The van der Waals surface area contributed by atoms with Crippen LogP contribution < -0.4 is 0 Å². The molecule has 0 aliphatic carbocycles. The Morgan fingerprint density at radius 3 is 1.84 bits per heavy atom. The fraction of sp³-hybridized carbons (Fsp3) is 0.429. The molecule has 0 bridgehead atoms. The number of carbonyl (C=O) groups is 2. The lowest BCUT2D eigenvalue weighted by Gasteiger charge is -2.07. The van der Waals surface area contributed by atoms with Gasteiger partial charge < -0.3 is 9.47 Å². The highest BCUT2D eigenvalue weighted by atomic mass is 32.2. The second-order valence-corrected chi connectivity index (χ2v) is 6.14. The molecule has 0 fully saturated rings. The van der Waals surface area contributed by atoms with E-state index in [1.807, 2.05) is 30.3 Å². The van der Waals surface area contributed by atoms with E-state index in [1.54, 1.807) is 0 Å². The molecule has 5 heteroatoms. The van der Waals surface area contributed by atoms with Gasteiger partial charge in [-0.3, -0.25) is 9.59 Å². The third-order valence-electron chi connectivity index (χ3n) is 2.64. The van der Waals surface area contributed by atoms with Gasteiger partial charge in [0.05, 0.1) is 27.1 Å². The van der Waals surface area contributed by atoms with Crippen molar-refractivity contribution in [1.29, 1.82) is 0 Å². The van der Waals surface area contributed by atoms with E-state index in [1.165, 1.54) is 14.2 Å². The van der Waals surface area contributed by atoms with E-state index < -0.39 is 0 Å². The number of carbonyl (C=O) groups excluding carboxylic acids is 2. The summed E-state index contributed by atoms with van der Waals surface area (Å²) in [5.74, 6) is 0.972. The Hall–Kier alpha value is -1.49. The van der Waals surface area contributed by atoms with Crippen LogP contribution in [0.3, 0.4) is 0 Å². The average Bonchev–Trinajstić information content (AvgIpc) is 2.47. The minimum atomic E-state index is -0.216. The van der Waals surface area contributed by atoms with Gasteiger partial charge in [-0.2, -0.15) is 0 Å². The smallest absolute Gasteiger partial charge is 0.310 e. The monoisotopic (exact) mass is 283 g/mol. The maximum absolute atomic E-state index is 11.2. The summed E-state index contributed by atoms with van der Waals surface area (Å²) < 4.78 is 9.31. The summed E-state index contributed by atoms with van der Waals surface area (Å²) in [5.41, 5.74) is 0. The summed E-state index contributed by atoms with van der Waals surface area (Å²) in [6.45, 7) is 0. The van der Waals surface area contributed by atoms with Crippen LogP contribution in [0.1, 0.15) is 12.8 Å². The summed E-state index contributed by atoms with van der Waals surface area (Å²) in [6.07, 6.45) is 0.741. The summed E-state index contributed by atoms with van der Waals surface area (Å²) in [4.78, 5) is 23.6. The molecule has 0 spiro atoms. The minimum absolute atomic E-state index is 0.134. The van der Waals surface area contributed by atoms with E-state index in [4.69, 9.17) is 0 Å². The predicted octanol–water partition coefficient (Wildman–Crippen LogP) is 1.79. The van der Waals surface area contributed by atoms with Gasteiger partial charge in [0, 0.05) is 10.9 Å². The summed E-state index contributed by atoms with van der Waals surface area (Å²) in [5, 5.41) is 0. The Balaban J connectivity index is 2.62. The SMILES string of the molecule is COC(=O)CC[S+](CCC(=O)OC)c1ccccc1. The van der Waals surface area contributed by atoms with E-state index in [9.17, 15) is 9.59 Å². The molecule has 104 valence electrons. The molecule has 0 heterocycles. The normalized spacial score (nSPS) is 10.3. The molecule has 0 amide bonds. The number of rotatable bonds is 7. The summed E-state index contributed by atoms with van der Waals surface area (Å²) in [6, 6.07) is 9.93. The molecule has 1 aromatic rings. The number of hydrogen-bond acceptors (Lipinski definition) is 4. The Morgan fingerprint density at radius 1 is 0.947 bits per heavy atom. The lowest BCUT2D eigenvalue weighted by Crippen LogP contribution is -2.19. The number of ether oxygens (including phenoxy) is 2. The Bertz CT molecular complexity index is 385. The molecule has 0 aromatic heterocycles. The quantitative estimate of drug-likeness (QED) is 0.565. The third kappa shape index (κ3) is 5.79. The van der Waals surface area contributed by atoms with Gasteiger partial charge in [-0.25, -0.2) is 0 Å². The van der Waals surface area contributed by atoms with Crippen molar-refractivity contribution >= 4 is 22.8 Å². The molecule has 0 aliphatic rings. The highest BCUT2D eigenvalue weighted by Gasteiger charge is 2.24. The van der Waals surface area contributed by atoms with Crippen LogP contribution >= 0.6 is 0 Å². The van der Waals surface area contributed by atoms with Crippen molar-refractivity contribution < 1.29 is 19.1 Å². The molecular weight excluding hydrogens is 264 g/mol. The molecule has 0 radical (unpaired) electrons. The maximum atomic E-state index is 11.2. The Kier molecular flexibility index (Phi) is 7.03. The minimum Gasteiger partial charge on any atom is -0.469 e. The topological polar surface area (TPSA) is 52.6 Å². The number of hydrogen-bond donors (Lipinski definition) is 0. The maximum Gasteiger partial charge on any atom is 0.310 e. The standard InChI is InChI=1S/C14H19O4S/c1-17-13(15)8-10-19(11-9-14(16)18-2)12-6-4-3-5-7-12/h3-7H,8-11H2,1-2H3/q+1. The number of benzene rings is 1. The van der Waals surface area contributed by atoms with Crippen molar-refractivity contribution in [2.24, 2.45) is 0 Å². The molecule has 1 rings (SSSR count). The predicted molar refractivity (Wildman–Crippen MR) is 75.1 cm³/mol. The zero-order valence-corrected chi connectivity index (χ0v) is 12.1. The number of methoxy groups -OCH3 is 2. The van der Waals surface area contributed by atoms with Crippen molar-refractivity contribution in [3.63, 3.8) is 0 Å². The average molecular weight is 283 g/mol. The highest BCUT2D eigenvalue weighted by molar-refractivity contribution is 7.96. The van der Waals surface area contributed by atoms with Crippen LogP contribution in [0.25, 0.3) is 0 Å². The number of esters is 2. The Labute approximate surface area is 116 Å². The van der Waals surface area contributed by atoms with E-state index in [-0.39, 0.29) is 22.8 Å². The van der Waals surface area contributed by atoms with E-state index in [0.717, 1.165) is 4.90 Å². The fourth-order valence-corrected chi connectivity index (χ4v) is 3.61. The Morgan fingerprint density at radius 2 is 1.42 bits per heavy atom. The van der Waals surface area contributed by atoms with Crippen LogP contribution in [-0.4, -0.2) is 37.7 Å². The van der Waals surface area contributed by atoms with Crippen molar-refractivity contribution in [3.05, 3.63) is 30.3 Å². The van der Waals surface area contributed by atoms with Gasteiger partial charge in [0.2, 0.25) is 0 Å². The van der Waals surface area contributed by atoms with E-state index in [2.05, 4.69) is 9.47 Å². The lowest BCUT2D eigenvalue weighted by atomic mass is 10.4. The van der Waals surface area contributed by atoms with Crippen molar-refractivity contribution in [1.82, 2.24) is 0 Å². The van der Waals surface area contributed by atoms with Crippen LogP contribution in [0, 0.1) is 0 Å². The molecule has 0 saturated heterocycles. The first-order valence-electron chi connectivity index (χ1n) is 6.03. The van der Waals surface area contributed by atoms with Gasteiger partial charge in [-0.05, 0) is 12.1 Å². The molecule has 0 N–H and O–H groups in total. The van der Waals surface area contributed by atoms with Crippen molar-refractivity contribution in [2.45, 2.75) is 17.7 Å². The lowest BCUT2D eigenvalue weighted by molar-refractivity contribution is -0.140. The van der Waals surface area contributed by atoms with Gasteiger partial charge in [-0.1, -0.05) is 18.2 Å². The van der Waals surface area contributed by atoms with Crippen LogP contribution in [0.4, 0.5) is 0 Å². The first kappa shape index (κ1) is 15.6. The molecule has 19 heavy (non-hydrogen) atoms. The summed E-state index contributed by atoms with van der Waals surface area (Å²) >= 11 is 0. The molecule has 0 aliphatic heterocycles. The van der Waals surface area contributed by atoms with Crippen LogP contribution in [0.15, 0.2) is 35.2 Å². The van der Waals surface area contributed by atoms with Gasteiger partial charge >= 0.3 is 11.9 Å². The van der Waals surface area contributed by atoms with Gasteiger partial charge in [-0.15, -0.1) is 0 Å². The molecule has 0 saturated carbocycles. The summed E-state index contributed by atoms with van der Waals surface area (Å²) in [7, 11) is 2.64. The van der Waals surface area contributed by atoms with Crippen molar-refractivity contribution in [3.8, 4) is 0 Å². The third-order valence-corrected chi connectivity index (χ3v) is 4.97. The van der Waals surface area contributed by atoms with Gasteiger partial charge in [0.1, 0.15) is 11.5 Å². The van der Waals surface area contributed by atoms with Crippen molar-refractivity contribution in [2.75, 3.05) is 25.7 Å². The zero-order chi connectivity index (χ0) is 14.1. The first-order valence-corrected chi connectivity index (χ1v) is 7.60. The van der Waals surface area contributed by atoms with Gasteiger partial charge in [0.25, 0.3) is 0 Å². The highest BCUT2D eigenvalue weighted by Crippen LogP contribution is 2.16. The van der Waals surface area contributed by atoms with Crippen LogP contribution in [-0.2, 0) is 30.0 Å². The molecule has 0 atom stereocenters. The largest absolute Gasteiger partial charge is 0.469 e. The zero-order valence-electron chi connectivity index (χ0n) is 11.3. The van der Waals surface area contributed by atoms with Gasteiger partial charge in [0.15, 0.2) is 4.90 Å². The van der Waals surface area contributed by atoms with E-state index in [0.29, 0.717) is 24.3 Å². The molecule has 4 nitrogen and oxygen atoms in total. The van der Waals surface area contributed by atoms with E-state index >= 15 is 0 Å². The first-order chi connectivity index (χ1) is 9.17. The fourth-order valence-electron chi connectivity index (χ4n) is 1.57. The second-order valence-electron chi connectivity index (χ2n) is 3.87. The molecule has 1 aromatic carbocycles. The van der Waals surface area contributed by atoms with Crippen LogP contribution in [0.5, 0.6) is 0 Å².